The Morgan fingerprint density at radius 1 is 1.58 bits per heavy atom. The van der Waals surface area contributed by atoms with E-state index in [2.05, 4.69) is 21.9 Å². The Labute approximate surface area is 70.6 Å². The van der Waals surface area contributed by atoms with Crippen LogP contribution in [0.15, 0.2) is 25.0 Å². The molecule has 0 unspecified atom stereocenters. The molecule has 0 saturated heterocycles. The van der Waals surface area contributed by atoms with Gasteiger partial charge in [-0.2, -0.15) is 5.26 Å². The number of nitrogens with one attached hydrogen (secondary N) is 1. The predicted octanol–water partition coefficient (Wildman–Crippen LogP) is 0.946. The molecule has 0 aliphatic heterocycles. The molecule has 4 heteroatoms. The predicted molar refractivity (Wildman–Crippen MR) is 45.4 cm³/mol. The molecular formula is C8H8N4. The second-order valence-electron chi connectivity index (χ2n) is 2.03. The zero-order chi connectivity index (χ0) is 8.81. The summed E-state index contributed by atoms with van der Waals surface area (Å²) < 4.78 is 0. The molecule has 1 aromatic rings. The Morgan fingerprint density at radius 3 is 3.00 bits per heavy atom. The maximum absolute atomic E-state index is 8.60. The van der Waals surface area contributed by atoms with E-state index >= 15 is 0 Å². The number of nitrogens with zero attached hydrogens (tertiary/aromatic N) is 3. The minimum absolute atomic E-state index is 0.305. The molecule has 0 saturated carbocycles. The fourth-order valence-electron chi connectivity index (χ4n) is 0.718. The van der Waals surface area contributed by atoms with E-state index in [0.717, 1.165) is 0 Å². The van der Waals surface area contributed by atoms with Crippen molar-refractivity contribution >= 4 is 5.82 Å². The first kappa shape index (κ1) is 8.21. The Hall–Kier alpha value is -1.89. The van der Waals surface area contributed by atoms with Gasteiger partial charge in [0.15, 0.2) is 11.5 Å². The van der Waals surface area contributed by atoms with Gasteiger partial charge in [0, 0.05) is 18.9 Å². The summed E-state index contributed by atoms with van der Waals surface area (Å²) in [5.41, 5.74) is 0.305. The van der Waals surface area contributed by atoms with Crippen LogP contribution in [-0.4, -0.2) is 16.5 Å². The van der Waals surface area contributed by atoms with Gasteiger partial charge in [-0.1, -0.05) is 6.08 Å². The standard InChI is InChI=1S/C8H8N4/c1-2-3-11-8-7(6-9)10-4-5-12-8/h2,4-5H,1,3H2,(H,11,12). The molecule has 4 nitrogen and oxygen atoms in total. The monoisotopic (exact) mass is 160 g/mol. The van der Waals surface area contributed by atoms with Crippen molar-refractivity contribution in [1.82, 2.24) is 9.97 Å². The second kappa shape index (κ2) is 4.09. The molecule has 1 heterocycles. The fraction of sp³-hybridized carbons (Fsp3) is 0.125. The van der Waals surface area contributed by atoms with E-state index in [1.807, 2.05) is 6.07 Å². The van der Waals surface area contributed by atoms with Crippen LogP contribution in [0.25, 0.3) is 0 Å². The van der Waals surface area contributed by atoms with Gasteiger partial charge in [0.1, 0.15) is 6.07 Å². The number of hydrogen-bond donors (Lipinski definition) is 1. The van der Waals surface area contributed by atoms with Crippen LogP contribution in [0.2, 0.25) is 0 Å². The van der Waals surface area contributed by atoms with Gasteiger partial charge in [-0.3, -0.25) is 0 Å². The normalized spacial score (nSPS) is 8.58. The highest BCUT2D eigenvalue weighted by atomic mass is 15.0. The molecular weight excluding hydrogens is 152 g/mol. The first-order valence-corrected chi connectivity index (χ1v) is 3.44. The summed E-state index contributed by atoms with van der Waals surface area (Å²) in [5.74, 6) is 0.500. The van der Waals surface area contributed by atoms with Crippen molar-refractivity contribution in [2.75, 3.05) is 11.9 Å². The van der Waals surface area contributed by atoms with Gasteiger partial charge >= 0.3 is 0 Å². The van der Waals surface area contributed by atoms with E-state index in [0.29, 0.717) is 18.1 Å². The number of aromatic nitrogens is 2. The number of anilines is 1. The lowest BCUT2D eigenvalue weighted by molar-refractivity contribution is 1.13. The number of hydrogen-bond acceptors (Lipinski definition) is 4. The third-order valence-corrected chi connectivity index (χ3v) is 1.22. The van der Waals surface area contributed by atoms with Crippen LogP contribution in [0.5, 0.6) is 0 Å². The van der Waals surface area contributed by atoms with Gasteiger partial charge in [0.05, 0.1) is 0 Å². The summed E-state index contributed by atoms with van der Waals surface area (Å²) in [4.78, 5) is 7.77. The van der Waals surface area contributed by atoms with Crippen molar-refractivity contribution in [3.8, 4) is 6.07 Å². The highest BCUT2D eigenvalue weighted by Crippen LogP contribution is 2.04. The van der Waals surface area contributed by atoms with E-state index in [-0.39, 0.29) is 0 Å². The lowest BCUT2D eigenvalue weighted by atomic mass is 10.4. The Bertz CT molecular complexity index is 313. The summed E-state index contributed by atoms with van der Waals surface area (Å²) >= 11 is 0. The van der Waals surface area contributed by atoms with Gasteiger partial charge in [-0.05, 0) is 0 Å². The molecule has 0 aliphatic carbocycles. The average molecular weight is 160 g/mol. The molecule has 0 spiro atoms. The molecule has 1 rings (SSSR count). The summed E-state index contributed by atoms with van der Waals surface area (Å²) in [6.07, 6.45) is 4.71. The quantitative estimate of drug-likeness (QED) is 0.668. The number of nitriles is 1. The van der Waals surface area contributed by atoms with Crippen LogP contribution >= 0.6 is 0 Å². The van der Waals surface area contributed by atoms with Crippen molar-refractivity contribution in [2.45, 2.75) is 0 Å². The Kier molecular flexibility index (Phi) is 2.79. The van der Waals surface area contributed by atoms with Gasteiger partial charge in [0.25, 0.3) is 0 Å². The fourth-order valence-corrected chi connectivity index (χ4v) is 0.718. The van der Waals surface area contributed by atoms with Crippen LogP contribution in [-0.2, 0) is 0 Å². The average Bonchev–Trinajstić information content (AvgIpc) is 2.15. The minimum atomic E-state index is 0.305. The van der Waals surface area contributed by atoms with Crippen LogP contribution in [0.1, 0.15) is 5.69 Å². The van der Waals surface area contributed by atoms with Crippen LogP contribution in [0, 0.1) is 11.3 Å². The van der Waals surface area contributed by atoms with E-state index in [4.69, 9.17) is 5.26 Å². The van der Waals surface area contributed by atoms with E-state index in [1.54, 1.807) is 6.08 Å². The molecule has 1 N–H and O–H groups in total. The summed E-state index contributed by atoms with van der Waals surface area (Å²) in [5, 5.41) is 11.5. The van der Waals surface area contributed by atoms with Crippen molar-refractivity contribution in [3.05, 3.63) is 30.7 Å². The topological polar surface area (TPSA) is 61.6 Å². The maximum atomic E-state index is 8.60. The minimum Gasteiger partial charge on any atom is -0.364 e. The van der Waals surface area contributed by atoms with Gasteiger partial charge in [-0.25, -0.2) is 9.97 Å². The SMILES string of the molecule is C=CCNc1nccnc1C#N. The highest BCUT2D eigenvalue weighted by Gasteiger charge is 2.00. The Morgan fingerprint density at radius 2 is 2.33 bits per heavy atom. The molecule has 12 heavy (non-hydrogen) atoms. The molecule has 0 fully saturated rings. The molecule has 0 amide bonds. The van der Waals surface area contributed by atoms with Crippen LogP contribution < -0.4 is 5.32 Å². The van der Waals surface area contributed by atoms with Crippen molar-refractivity contribution in [1.29, 1.82) is 5.26 Å². The lowest BCUT2D eigenvalue weighted by Gasteiger charge is -2.01. The molecule has 0 atom stereocenters. The smallest absolute Gasteiger partial charge is 0.182 e. The zero-order valence-electron chi connectivity index (χ0n) is 6.49. The van der Waals surface area contributed by atoms with Gasteiger partial charge < -0.3 is 5.32 Å². The molecule has 1 aromatic heterocycles. The molecule has 0 aliphatic rings. The molecule has 60 valence electrons. The molecule has 0 aromatic carbocycles. The Balaban J connectivity index is 2.83. The zero-order valence-corrected chi connectivity index (χ0v) is 6.49. The summed E-state index contributed by atoms with van der Waals surface area (Å²) in [6, 6.07) is 1.93. The van der Waals surface area contributed by atoms with Crippen molar-refractivity contribution < 1.29 is 0 Å². The molecule has 0 radical (unpaired) electrons. The summed E-state index contributed by atoms with van der Waals surface area (Å²) in [7, 11) is 0. The first-order valence-electron chi connectivity index (χ1n) is 3.44. The molecule has 0 bridgehead atoms. The third-order valence-electron chi connectivity index (χ3n) is 1.22. The third kappa shape index (κ3) is 1.80. The first-order chi connectivity index (χ1) is 5.88. The summed E-state index contributed by atoms with van der Waals surface area (Å²) in [6.45, 7) is 4.11. The van der Waals surface area contributed by atoms with E-state index in [9.17, 15) is 0 Å². The van der Waals surface area contributed by atoms with Crippen molar-refractivity contribution in [2.24, 2.45) is 0 Å². The van der Waals surface area contributed by atoms with Crippen LogP contribution in [0.4, 0.5) is 5.82 Å². The second-order valence-corrected chi connectivity index (χ2v) is 2.03. The maximum Gasteiger partial charge on any atom is 0.182 e. The lowest BCUT2D eigenvalue weighted by Crippen LogP contribution is -2.03. The van der Waals surface area contributed by atoms with Crippen LogP contribution in [0.3, 0.4) is 0 Å². The largest absolute Gasteiger partial charge is 0.364 e. The van der Waals surface area contributed by atoms with Gasteiger partial charge in [-0.15, -0.1) is 6.58 Å². The van der Waals surface area contributed by atoms with Crippen molar-refractivity contribution in [3.63, 3.8) is 0 Å². The van der Waals surface area contributed by atoms with E-state index in [1.165, 1.54) is 12.4 Å². The van der Waals surface area contributed by atoms with Gasteiger partial charge in [0.2, 0.25) is 0 Å². The number of rotatable bonds is 3. The van der Waals surface area contributed by atoms with E-state index < -0.39 is 0 Å². The highest BCUT2D eigenvalue weighted by molar-refractivity contribution is 5.46.